The van der Waals surface area contributed by atoms with Gasteiger partial charge in [0.25, 0.3) is 0 Å². The van der Waals surface area contributed by atoms with Gasteiger partial charge in [0.2, 0.25) is 10.0 Å². The van der Waals surface area contributed by atoms with Crippen molar-refractivity contribution in [1.29, 1.82) is 0 Å². The first kappa shape index (κ1) is 17.6. The average molecular weight is 354 g/mol. The number of hydrogen-bond donors (Lipinski definition) is 2. The van der Waals surface area contributed by atoms with Crippen LogP contribution in [0.1, 0.15) is 43.8 Å². The number of ether oxygens (including phenoxy) is 1. The minimum atomic E-state index is -3.12. The molecule has 1 aliphatic carbocycles. The molecule has 8 heteroatoms. The highest BCUT2D eigenvalue weighted by atomic mass is 32.2. The van der Waals surface area contributed by atoms with Crippen molar-refractivity contribution in [3.8, 4) is 5.75 Å². The van der Waals surface area contributed by atoms with Gasteiger partial charge in [-0.3, -0.25) is 10.4 Å². The standard InChI is InChI=1S/C16H26N4O3S/c1-20(24(2,21)22)12-3-5-13(6-4-12)23-14-7-8-15(17-11-14)16-9-10-18-19-16/h7-8,11-13,16,18-19H,3-6,9-10H2,1-2H3. The lowest BCUT2D eigenvalue weighted by Gasteiger charge is -2.33. The average Bonchev–Trinajstić information content (AvgIpc) is 3.09. The second kappa shape index (κ2) is 7.35. The van der Waals surface area contributed by atoms with Crippen molar-refractivity contribution in [3.05, 3.63) is 24.0 Å². The van der Waals surface area contributed by atoms with Crippen LogP contribution in [-0.4, -0.2) is 49.7 Å². The minimum Gasteiger partial charge on any atom is -0.489 e. The largest absolute Gasteiger partial charge is 0.489 e. The Morgan fingerprint density at radius 3 is 2.50 bits per heavy atom. The third-order valence-electron chi connectivity index (χ3n) is 4.93. The highest BCUT2D eigenvalue weighted by molar-refractivity contribution is 7.88. The molecule has 2 heterocycles. The molecule has 2 aliphatic rings. The highest BCUT2D eigenvalue weighted by Gasteiger charge is 2.29. The first-order valence-corrected chi connectivity index (χ1v) is 10.3. The molecule has 1 aromatic rings. The van der Waals surface area contributed by atoms with Gasteiger partial charge in [0, 0.05) is 19.6 Å². The van der Waals surface area contributed by atoms with Crippen LogP contribution >= 0.6 is 0 Å². The molecule has 1 saturated heterocycles. The van der Waals surface area contributed by atoms with Crippen molar-refractivity contribution in [3.63, 3.8) is 0 Å². The SMILES string of the molecule is CN(C1CCC(Oc2ccc(C3CCNN3)nc2)CC1)S(C)(=O)=O. The topological polar surface area (TPSA) is 83.6 Å². The van der Waals surface area contributed by atoms with E-state index in [0.717, 1.165) is 50.1 Å². The van der Waals surface area contributed by atoms with Gasteiger partial charge in [0.05, 0.1) is 30.3 Å². The van der Waals surface area contributed by atoms with E-state index >= 15 is 0 Å². The number of pyridine rings is 1. The second-order valence-corrected chi connectivity index (χ2v) is 8.70. The summed E-state index contributed by atoms with van der Waals surface area (Å²) in [7, 11) is -1.46. The van der Waals surface area contributed by atoms with E-state index in [9.17, 15) is 8.42 Å². The summed E-state index contributed by atoms with van der Waals surface area (Å²) < 4.78 is 30.7. The van der Waals surface area contributed by atoms with Crippen molar-refractivity contribution in [2.45, 2.75) is 50.3 Å². The van der Waals surface area contributed by atoms with Gasteiger partial charge in [-0.15, -0.1) is 0 Å². The Balaban J connectivity index is 1.51. The number of aromatic nitrogens is 1. The van der Waals surface area contributed by atoms with Crippen molar-refractivity contribution in [2.24, 2.45) is 0 Å². The monoisotopic (exact) mass is 354 g/mol. The van der Waals surface area contributed by atoms with Crippen LogP contribution in [0.3, 0.4) is 0 Å². The lowest BCUT2D eigenvalue weighted by Crippen LogP contribution is -2.40. The van der Waals surface area contributed by atoms with Gasteiger partial charge in [-0.1, -0.05) is 0 Å². The molecule has 1 unspecified atom stereocenters. The van der Waals surface area contributed by atoms with E-state index in [0.29, 0.717) is 0 Å². The Kier molecular flexibility index (Phi) is 5.39. The summed E-state index contributed by atoms with van der Waals surface area (Å²) in [6, 6.07) is 4.32. The molecule has 2 fully saturated rings. The summed E-state index contributed by atoms with van der Waals surface area (Å²) in [5.41, 5.74) is 7.32. The van der Waals surface area contributed by atoms with E-state index in [4.69, 9.17) is 4.74 Å². The van der Waals surface area contributed by atoms with Crippen molar-refractivity contribution < 1.29 is 13.2 Å². The number of sulfonamides is 1. The minimum absolute atomic E-state index is 0.0845. The molecule has 0 bridgehead atoms. The molecule has 0 aromatic carbocycles. The summed E-state index contributed by atoms with van der Waals surface area (Å²) in [4.78, 5) is 4.49. The maximum absolute atomic E-state index is 11.6. The molecular weight excluding hydrogens is 328 g/mol. The fourth-order valence-corrected chi connectivity index (χ4v) is 4.12. The number of nitrogens with one attached hydrogen (secondary N) is 2. The number of hydrogen-bond acceptors (Lipinski definition) is 6. The number of hydrazine groups is 1. The Morgan fingerprint density at radius 1 is 1.21 bits per heavy atom. The van der Waals surface area contributed by atoms with Gasteiger partial charge >= 0.3 is 0 Å². The smallest absolute Gasteiger partial charge is 0.211 e. The maximum Gasteiger partial charge on any atom is 0.211 e. The van der Waals surface area contributed by atoms with Crippen LogP contribution in [0.15, 0.2) is 18.3 Å². The first-order chi connectivity index (χ1) is 11.4. The molecule has 1 atom stereocenters. The van der Waals surface area contributed by atoms with E-state index in [-0.39, 0.29) is 18.2 Å². The Bertz CT molecular complexity index is 636. The molecule has 1 aliphatic heterocycles. The molecule has 0 radical (unpaired) electrons. The molecule has 3 rings (SSSR count). The first-order valence-electron chi connectivity index (χ1n) is 8.47. The fraction of sp³-hybridized carbons (Fsp3) is 0.688. The van der Waals surface area contributed by atoms with Gasteiger partial charge < -0.3 is 4.74 Å². The van der Waals surface area contributed by atoms with Gasteiger partial charge in [0.1, 0.15) is 5.75 Å². The van der Waals surface area contributed by atoms with Crippen LogP contribution in [0.2, 0.25) is 0 Å². The van der Waals surface area contributed by atoms with E-state index in [1.807, 2.05) is 12.1 Å². The second-order valence-electron chi connectivity index (χ2n) is 6.66. The molecule has 0 spiro atoms. The quantitative estimate of drug-likeness (QED) is 0.827. The Labute approximate surface area is 143 Å². The summed E-state index contributed by atoms with van der Waals surface area (Å²) >= 11 is 0. The zero-order valence-corrected chi connectivity index (χ0v) is 15.1. The molecule has 2 N–H and O–H groups in total. The van der Waals surface area contributed by atoms with Crippen molar-refractivity contribution in [2.75, 3.05) is 19.8 Å². The van der Waals surface area contributed by atoms with E-state index in [1.54, 1.807) is 13.2 Å². The summed E-state index contributed by atoms with van der Waals surface area (Å²) in [6.45, 7) is 0.954. The Hall–Kier alpha value is -1.22. The van der Waals surface area contributed by atoms with Gasteiger partial charge in [-0.25, -0.2) is 18.1 Å². The highest BCUT2D eigenvalue weighted by Crippen LogP contribution is 2.27. The predicted molar refractivity (Wildman–Crippen MR) is 92.0 cm³/mol. The summed E-state index contributed by atoms with van der Waals surface area (Å²) in [6.07, 6.45) is 7.59. The van der Waals surface area contributed by atoms with Crippen LogP contribution in [0.5, 0.6) is 5.75 Å². The predicted octanol–water partition coefficient (Wildman–Crippen LogP) is 1.20. The fourth-order valence-electron chi connectivity index (χ4n) is 3.36. The third kappa shape index (κ3) is 4.24. The molecule has 134 valence electrons. The zero-order chi connectivity index (χ0) is 17.2. The van der Waals surface area contributed by atoms with Gasteiger partial charge in [-0.2, -0.15) is 0 Å². The van der Waals surface area contributed by atoms with Crippen LogP contribution in [0.25, 0.3) is 0 Å². The number of rotatable bonds is 5. The molecule has 0 amide bonds. The lowest BCUT2D eigenvalue weighted by molar-refractivity contribution is 0.125. The third-order valence-corrected chi connectivity index (χ3v) is 6.28. The normalized spacial score (nSPS) is 28.2. The van der Waals surface area contributed by atoms with Crippen LogP contribution < -0.4 is 15.6 Å². The van der Waals surface area contributed by atoms with Crippen molar-refractivity contribution >= 4 is 10.0 Å². The van der Waals surface area contributed by atoms with Crippen LogP contribution in [0.4, 0.5) is 0 Å². The summed E-state index contributed by atoms with van der Waals surface area (Å²) in [5, 5.41) is 0. The van der Waals surface area contributed by atoms with Crippen molar-refractivity contribution in [1.82, 2.24) is 20.1 Å². The maximum atomic E-state index is 11.6. The molecule has 1 aromatic heterocycles. The lowest BCUT2D eigenvalue weighted by atomic mass is 9.93. The number of nitrogens with zero attached hydrogens (tertiary/aromatic N) is 2. The van der Waals surface area contributed by atoms with Crippen LogP contribution in [-0.2, 0) is 10.0 Å². The van der Waals surface area contributed by atoms with E-state index in [1.165, 1.54) is 10.6 Å². The van der Waals surface area contributed by atoms with E-state index in [2.05, 4.69) is 15.8 Å². The van der Waals surface area contributed by atoms with Gasteiger partial charge in [-0.05, 0) is 44.2 Å². The van der Waals surface area contributed by atoms with E-state index < -0.39 is 10.0 Å². The molecule has 7 nitrogen and oxygen atoms in total. The molecule has 1 saturated carbocycles. The summed E-state index contributed by atoms with van der Waals surface area (Å²) in [5.74, 6) is 0.782. The Morgan fingerprint density at radius 2 is 1.96 bits per heavy atom. The van der Waals surface area contributed by atoms with Gasteiger partial charge in [0.15, 0.2) is 0 Å². The zero-order valence-electron chi connectivity index (χ0n) is 14.2. The van der Waals surface area contributed by atoms with Crippen LogP contribution in [0, 0.1) is 0 Å². The molecule has 24 heavy (non-hydrogen) atoms. The molecular formula is C16H26N4O3S.